The Kier molecular flexibility index (Phi) is 3.66. The summed E-state index contributed by atoms with van der Waals surface area (Å²) in [5.41, 5.74) is 0.244. The van der Waals surface area contributed by atoms with Crippen molar-refractivity contribution in [3.63, 3.8) is 0 Å². The van der Waals surface area contributed by atoms with Crippen molar-refractivity contribution >= 4 is 5.91 Å². The van der Waals surface area contributed by atoms with Crippen LogP contribution in [0.1, 0.15) is 16.9 Å². The van der Waals surface area contributed by atoms with E-state index in [1.807, 2.05) is 0 Å². The van der Waals surface area contributed by atoms with Gasteiger partial charge in [-0.2, -0.15) is 0 Å². The number of carbonyl (C=O) groups excluding carboxylic acids is 1. The lowest BCUT2D eigenvalue weighted by molar-refractivity contribution is -0.0137. The number of carbonyl (C=O) groups is 1. The fourth-order valence-corrected chi connectivity index (χ4v) is 3.01. The molecular weight excluding hydrogens is 284 g/mol. The summed E-state index contributed by atoms with van der Waals surface area (Å²) in [6.07, 6.45) is 2.29. The van der Waals surface area contributed by atoms with Gasteiger partial charge in [0.2, 0.25) is 0 Å². The van der Waals surface area contributed by atoms with Crippen LogP contribution >= 0.6 is 0 Å². The molecule has 3 rings (SSSR count). The Hall–Kier alpha value is -1.54. The van der Waals surface area contributed by atoms with Gasteiger partial charge in [-0.25, -0.2) is 13.8 Å². The number of halogens is 2. The SMILES string of the molecule is COCC1CC(F)(F)CN1C1CN(C(=O)c2cocn2)C1. The van der Waals surface area contributed by atoms with E-state index in [2.05, 4.69) is 4.98 Å². The lowest BCUT2D eigenvalue weighted by Crippen LogP contribution is -2.62. The van der Waals surface area contributed by atoms with Gasteiger partial charge in [0.05, 0.1) is 13.2 Å². The van der Waals surface area contributed by atoms with E-state index in [9.17, 15) is 13.6 Å². The summed E-state index contributed by atoms with van der Waals surface area (Å²) in [6, 6.07) is -0.339. The van der Waals surface area contributed by atoms with E-state index in [1.54, 1.807) is 9.80 Å². The summed E-state index contributed by atoms with van der Waals surface area (Å²) in [5.74, 6) is -2.91. The second-order valence-electron chi connectivity index (χ2n) is 5.58. The minimum atomic E-state index is -2.68. The van der Waals surface area contributed by atoms with Gasteiger partial charge in [0, 0.05) is 38.7 Å². The first-order chi connectivity index (χ1) is 10.00. The van der Waals surface area contributed by atoms with E-state index in [1.165, 1.54) is 19.8 Å². The molecular formula is C13H17F2N3O3. The minimum absolute atomic E-state index is 0.0469. The maximum atomic E-state index is 13.6. The van der Waals surface area contributed by atoms with Crippen LogP contribution in [0.2, 0.25) is 0 Å². The van der Waals surface area contributed by atoms with E-state index in [4.69, 9.17) is 9.15 Å². The van der Waals surface area contributed by atoms with Gasteiger partial charge in [0.15, 0.2) is 12.1 Å². The zero-order chi connectivity index (χ0) is 15.0. The molecule has 1 amide bonds. The number of likely N-dealkylation sites (tertiary alicyclic amines) is 2. The second kappa shape index (κ2) is 5.34. The summed E-state index contributed by atoms with van der Waals surface area (Å²) in [6.45, 7) is 0.880. The van der Waals surface area contributed by atoms with Gasteiger partial charge < -0.3 is 14.1 Å². The average Bonchev–Trinajstić information content (AvgIpc) is 2.96. The van der Waals surface area contributed by atoms with Crippen molar-refractivity contribution in [1.82, 2.24) is 14.8 Å². The van der Waals surface area contributed by atoms with Gasteiger partial charge in [0.1, 0.15) is 6.26 Å². The molecule has 0 spiro atoms. The van der Waals surface area contributed by atoms with Crippen molar-refractivity contribution in [2.45, 2.75) is 24.4 Å². The molecule has 0 radical (unpaired) electrons. The fourth-order valence-electron chi connectivity index (χ4n) is 3.01. The van der Waals surface area contributed by atoms with Gasteiger partial charge in [-0.05, 0) is 0 Å². The highest BCUT2D eigenvalue weighted by atomic mass is 19.3. The zero-order valence-corrected chi connectivity index (χ0v) is 11.7. The van der Waals surface area contributed by atoms with Crippen LogP contribution in [0.5, 0.6) is 0 Å². The Morgan fingerprint density at radius 1 is 1.57 bits per heavy atom. The molecule has 1 atom stereocenters. The van der Waals surface area contributed by atoms with Crippen LogP contribution in [-0.2, 0) is 4.74 Å². The molecule has 0 bridgehead atoms. The number of oxazole rings is 1. The molecule has 2 aliphatic heterocycles. The summed E-state index contributed by atoms with van der Waals surface area (Å²) in [7, 11) is 1.51. The molecule has 2 saturated heterocycles. The average molecular weight is 301 g/mol. The summed E-state index contributed by atoms with van der Waals surface area (Å²) < 4.78 is 36.9. The third-order valence-corrected chi connectivity index (χ3v) is 4.05. The predicted molar refractivity (Wildman–Crippen MR) is 68.1 cm³/mol. The van der Waals surface area contributed by atoms with Gasteiger partial charge >= 0.3 is 0 Å². The predicted octanol–water partition coefficient (Wildman–Crippen LogP) is 0.855. The quantitative estimate of drug-likeness (QED) is 0.825. The molecule has 6 nitrogen and oxygen atoms in total. The van der Waals surface area contributed by atoms with Crippen molar-refractivity contribution < 1.29 is 22.7 Å². The van der Waals surface area contributed by atoms with Gasteiger partial charge in [-0.1, -0.05) is 0 Å². The Bertz CT molecular complexity index is 503. The number of amides is 1. The topological polar surface area (TPSA) is 58.8 Å². The molecule has 21 heavy (non-hydrogen) atoms. The van der Waals surface area contributed by atoms with Crippen molar-refractivity contribution in [2.75, 3.05) is 33.4 Å². The Balaban J connectivity index is 1.59. The lowest BCUT2D eigenvalue weighted by atomic mass is 10.1. The van der Waals surface area contributed by atoms with E-state index in [0.29, 0.717) is 13.1 Å². The van der Waals surface area contributed by atoms with Gasteiger partial charge in [-0.15, -0.1) is 0 Å². The number of alkyl halides is 2. The van der Waals surface area contributed by atoms with Crippen LogP contribution in [0.4, 0.5) is 8.78 Å². The van der Waals surface area contributed by atoms with Crippen molar-refractivity contribution in [2.24, 2.45) is 0 Å². The van der Waals surface area contributed by atoms with Crippen LogP contribution in [-0.4, -0.2) is 72.0 Å². The second-order valence-corrected chi connectivity index (χ2v) is 5.58. The Labute approximate surface area is 120 Å². The highest BCUT2D eigenvalue weighted by Gasteiger charge is 2.50. The molecule has 0 aliphatic carbocycles. The third kappa shape index (κ3) is 2.77. The summed E-state index contributed by atoms with van der Waals surface area (Å²) in [5, 5.41) is 0. The molecule has 1 aromatic heterocycles. The molecule has 2 fully saturated rings. The molecule has 0 aromatic carbocycles. The maximum Gasteiger partial charge on any atom is 0.275 e. The van der Waals surface area contributed by atoms with Crippen LogP contribution in [0, 0.1) is 0 Å². The molecule has 2 aliphatic rings. The first kappa shape index (κ1) is 14.4. The van der Waals surface area contributed by atoms with Gasteiger partial charge in [0.25, 0.3) is 11.8 Å². The highest BCUT2D eigenvalue weighted by Crippen LogP contribution is 2.35. The number of methoxy groups -OCH3 is 1. The maximum absolute atomic E-state index is 13.6. The van der Waals surface area contributed by atoms with Crippen molar-refractivity contribution in [1.29, 1.82) is 0 Å². The molecule has 3 heterocycles. The summed E-state index contributed by atoms with van der Waals surface area (Å²) >= 11 is 0. The molecule has 1 unspecified atom stereocenters. The number of hydrogen-bond donors (Lipinski definition) is 0. The van der Waals surface area contributed by atoms with E-state index >= 15 is 0 Å². The number of rotatable bonds is 4. The van der Waals surface area contributed by atoms with Crippen LogP contribution in [0.3, 0.4) is 0 Å². The van der Waals surface area contributed by atoms with Crippen LogP contribution in [0.15, 0.2) is 17.1 Å². The molecule has 1 aromatic rings. The summed E-state index contributed by atoms with van der Waals surface area (Å²) in [4.78, 5) is 19.1. The highest BCUT2D eigenvalue weighted by molar-refractivity contribution is 5.92. The van der Waals surface area contributed by atoms with Crippen LogP contribution < -0.4 is 0 Å². The largest absolute Gasteiger partial charge is 0.451 e. The van der Waals surface area contributed by atoms with E-state index in [-0.39, 0.29) is 43.3 Å². The zero-order valence-electron chi connectivity index (χ0n) is 11.7. The van der Waals surface area contributed by atoms with E-state index < -0.39 is 5.92 Å². The van der Waals surface area contributed by atoms with Crippen molar-refractivity contribution in [3.8, 4) is 0 Å². The van der Waals surface area contributed by atoms with E-state index in [0.717, 1.165) is 0 Å². The number of hydrogen-bond acceptors (Lipinski definition) is 5. The first-order valence-corrected chi connectivity index (χ1v) is 6.80. The normalized spacial score (nSPS) is 26.0. The smallest absolute Gasteiger partial charge is 0.275 e. The molecule has 116 valence electrons. The van der Waals surface area contributed by atoms with Gasteiger partial charge in [-0.3, -0.25) is 9.69 Å². The molecule has 8 heteroatoms. The lowest BCUT2D eigenvalue weighted by Gasteiger charge is -2.45. The Morgan fingerprint density at radius 3 is 2.95 bits per heavy atom. The number of aromatic nitrogens is 1. The first-order valence-electron chi connectivity index (χ1n) is 6.80. The van der Waals surface area contributed by atoms with Crippen molar-refractivity contribution in [3.05, 3.63) is 18.4 Å². The number of ether oxygens (including phenoxy) is 1. The monoisotopic (exact) mass is 301 g/mol. The minimum Gasteiger partial charge on any atom is -0.451 e. The molecule has 0 N–H and O–H groups in total. The number of nitrogens with zero attached hydrogens (tertiary/aromatic N) is 3. The van der Waals surface area contributed by atoms with Crippen LogP contribution in [0.25, 0.3) is 0 Å². The third-order valence-electron chi connectivity index (χ3n) is 4.05. The Morgan fingerprint density at radius 2 is 2.33 bits per heavy atom. The fraction of sp³-hybridized carbons (Fsp3) is 0.692. The standard InChI is InChI=1S/C13H17F2N3O3/c1-20-5-9-2-13(14,15)7-18(9)10-3-17(4-10)12(19)11-6-21-8-16-11/h6,8-10H,2-5,7H2,1H3. The molecule has 0 saturated carbocycles.